The highest BCUT2D eigenvalue weighted by Gasteiger charge is 2.19. The molecule has 0 bridgehead atoms. The Labute approximate surface area is 149 Å². The minimum absolute atomic E-state index is 0.108. The summed E-state index contributed by atoms with van der Waals surface area (Å²) in [6.07, 6.45) is 1.63. The standard InChI is InChI=1S/C20H28N2O3/c1-6-21-19(24)18-14(8-7-9-17(23)25-20(3,4)5)15-12-13(2)10-11-16(15)22-18/h10-12,22H,6-9H2,1-5H3,(H,21,24). The van der Waals surface area contributed by atoms with Crippen molar-refractivity contribution in [1.29, 1.82) is 0 Å². The van der Waals surface area contributed by atoms with Gasteiger partial charge in [-0.25, -0.2) is 0 Å². The molecule has 25 heavy (non-hydrogen) atoms. The molecule has 0 unspecified atom stereocenters. The minimum atomic E-state index is -0.471. The highest BCUT2D eigenvalue weighted by molar-refractivity contribution is 6.01. The summed E-state index contributed by atoms with van der Waals surface area (Å²) >= 11 is 0. The molecule has 136 valence electrons. The number of hydrogen-bond donors (Lipinski definition) is 2. The molecule has 0 aliphatic heterocycles. The monoisotopic (exact) mass is 344 g/mol. The van der Waals surface area contributed by atoms with Crippen molar-refractivity contribution in [3.8, 4) is 0 Å². The van der Waals surface area contributed by atoms with Gasteiger partial charge in [0, 0.05) is 23.9 Å². The maximum Gasteiger partial charge on any atom is 0.306 e. The fourth-order valence-corrected chi connectivity index (χ4v) is 2.87. The summed E-state index contributed by atoms with van der Waals surface area (Å²) in [4.78, 5) is 27.5. The molecular weight excluding hydrogens is 316 g/mol. The molecule has 2 rings (SSSR count). The molecule has 0 spiro atoms. The van der Waals surface area contributed by atoms with Gasteiger partial charge in [0.2, 0.25) is 0 Å². The number of ether oxygens (including phenoxy) is 1. The summed E-state index contributed by atoms with van der Waals surface area (Å²) in [7, 11) is 0. The normalized spacial score (nSPS) is 11.6. The lowest BCUT2D eigenvalue weighted by molar-refractivity contribution is -0.154. The van der Waals surface area contributed by atoms with Crippen LogP contribution in [-0.4, -0.2) is 29.0 Å². The molecule has 2 aromatic rings. The molecule has 1 aromatic heterocycles. The van der Waals surface area contributed by atoms with Gasteiger partial charge in [-0.15, -0.1) is 0 Å². The van der Waals surface area contributed by atoms with Crippen LogP contribution in [0.5, 0.6) is 0 Å². The Balaban J connectivity index is 2.20. The van der Waals surface area contributed by atoms with Gasteiger partial charge in [0.15, 0.2) is 0 Å². The van der Waals surface area contributed by atoms with Gasteiger partial charge < -0.3 is 15.0 Å². The van der Waals surface area contributed by atoms with Crippen LogP contribution in [0.15, 0.2) is 18.2 Å². The van der Waals surface area contributed by atoms with Crippen LogP contribution in [0.3, 0.4) is 0 Å². The van der Waals surface area contributed by atoms with Gasteiger partial charge in [-0.3, -0.25) is 9.59 Å². The summed E-state index contributed by atoms with van der Waals surface area (Å²) in [6.45, 7) is 10.1. The zero-order valence-electron chi connectivity index (χ0n) is 15.8. The third kappa shape index (κ3) is 5.08. The van der Waals surface area contributed by atoms with Crippen LogP contribution >= 0.6 is 0 Å². The maximum atomic E-state index is 12.4. The highest BCUT2D eigenvalue weighted by atomic mass is 16.6. The van der Waals surface area contributed by atoms with Crippen LogP contribution in [0.25, 0.3) is 10.9 Å². The van der Waals surface area contributed by atoms with E-state index in [0.29, 0.717) is 31.5 Å². The number of carbonyl (C=O) groups is 2. The molecule has 1 heterocycles. The number of carbonyl (C=O) groups excluding carboxylic acids is 2. The van der Waals surface area contributed by atoms with E-state index >= 15 is 0 Å². The first-order chi connectivity index (χ1) is 11.7. The Bertz CT molecular complexity index is 769. The van der Waals surface area contributed by atoms with Crippen LogP contribution in [-0.2, 0) is 16.0 Å². The second-order valence-corrected chi connectivity index (χ2v) is 7.33. The number of aromatic amines is 1. The van der Waals surface area contributed by atoms with Crippen molar-refractivity contribution in [2.45, 2.75) is 59.5 Å². The van der Waals surface area contributed by atoms with Crippen molar-refractivity contribution < 1.29 is 14.3 Å². The average molecular weight is 344 g/mol. The molecule has 1 aromatic carbocycles. The first-order valence-electron chi connectivity index (χ1n) is 8.82. The van der Waals surface area contributed by atoms with Gasteiger partial charge in [0.1, 0.15) is 11.3 Å². The van der Waals surface area contributed by atoms with Crippen molar-refractivity contribution >= 4 is 22.8 Å². The number of aryl methyl sites for hydroxylation is 2. The van der Waals surface area contributed by atoms with Crippen LogP contribution < -0.4 is 5.32 Å². The largest absolute Gasteiger partial charge is 0.460 e. The number of H-pyrrole nitrogens is 1. The Morgan fingerprint density at radius 2 is 1.96 bits per heavy atom. The van der Waals surface area contributed by atoms with E-state index in [9.17, 15) is 9.59 Å². The van der Waals surface area contributed by atoms with E-state index in [1.165, 1.54) is 0 Å². The molecule has 0 atom stereocenters. The third-order valence-electron chi connectivity index (χ3n) is 3.85. The first kappa shape index (κ1) is 19.0. The Morgan fingerprint density at radius 1 is 1.24 bits per heavy atom. The van der Waals surface area contributed by atoms with Crippen molar-refractivity contribution in [3.63, 3.8) is 0 Å². The zero-order valence-corrected chi connectivity index (χ0v) is 15.8. The van der Waals surface area contributed by atoms with E-state index in [4.69, 9.17) is 4.74 Å². The van der Waals surface area contributed by atoms with Crippen molar-refractivity contribution in [3.05, 3.63) is 35.0 Å². The van der Waals surface area contributed by atoms with Crippen LogP contribution in [0.4, 0.5) is 0 Å². The fraction of sp³-hybridized carbons (Fsp3) is 0.500. The predicted molar refractivity (Wildman–Crippen MR) is 99.8 cm³/mol. The molecule has 1 amide bonds. The fourth-order valence-electron chi connectivity index (χ4n) is 2.87. The number of esters is 1. The van der Waals surface area contributed by atoms with E-state index < -0.39 is 5.60 Å². The van der Waals surface area contributed by atoms with E-state index in [0.717, 1.165) is 22.0 Å². The van der Waals surface area contributed by atoms with E-state index in [1.807, 2.05) is 46.8 Å². The van der Waals surface area contributed by atoms with Crippen LogP contribution in [0, 0.1) is 6.92 Å². The van der Waals surface area contributed by atoms with Crippen molar-refractivity contribution in [2.75, 3.05) is 6.54 Å². The van der Waals surface area contributed by atoms with Gasteiger partial charge in [-0.05, 0) is 65.2 Å². The number of fused-ring (bicyclic) bond motifs is 1. The predicted octanol–water partition coefficient (Wildman–Crippen LogP) is 3.89. The topological polar surface area (TPSA) is 71.2 Å². The van der Waals surface area contributed by atoms with E-state index in [1.54, 1.807) is 0 Å². The van der Waals surface area contributed by atoms with Gasteiger partial charge in [0.25, 0.3) is 5.91 Å². The Kier molecular flexibility index (Phi) is 5.88. The first-order valence-corrected chi connectivity index (χ1v) is 8.82. The smallest absolute Gasteiger partial charge is 0.306 e. The molecule has 2 N–H and O–H groups in total. The van der Waals surface area contributed by atoms with Gasteiger partial charge in [-0.1, -0.05) is 11.6 Å². The lowest BCUT2D eigenvalue weighted by Gasteiger charge is -2.19. The summed E-state index contributed by atoms with van der Waals surface area (Å²) in [5.74, 6) is -0.313. The van der Waals surface area contributed by atoms with E-state index in [2.05, 4.69) is 16.4 Å². The molecule has 0 fully saturated rings. The number of nitrogens with one attached hydrogen (secondary N) is 2. The second kappa shape index (κ2) is 7.72. The minimum Gasteiger partial charge on any atom is -0.460 e. The summed E-state index contributed by atoms with van der Waals surface area (Å²) < 4.78 is 5.35. The molecule has 0 saturated heterocycles. The number of hydrogen-bond acceptors (Lipinski definition) is 3. The van der Waals surface area contributed by atoms with Crippen molar-refractivity contribution in [2.24, 2.45) is 0 Å². The van der Waals surface area contributed by atoms with Gasteiger partial charge >= 0.3 is 5.97 Å². The molecule has 0 saturated carbocycles. The number of amides is 1. The zero-order chi connectivity index (χ0) is 18.6. The lowest BCUT2D eigenvalue weighted by Crippen LogP contribution is -2.24. The van der Waals surface area contributed by atoms with Crippen LogP contribution in [0.2, 0.25) is 0 Å². The second-order valence-electron chi connectivity index (χ2n) is 7.33. The Hall–Kier alpha value is -2.30. The molecule has 0 aliphatic carbocycles. The van der Waals surface area contributed by atoms with Crippen molar-refractivity contribution in [1.82, 2.24) is 10.3 Å². The summed E-state index contributed by atoms with van der Waals surface area (Å²) in [5.41, 5.74) is 3.17. The molecular formula is C20H28N2O3. The lowest BCUT2D eigenvalue weighted by atomic mass is 10.0. The number of rotatable bonds is 6. The number of benzene rings is 1. The summed E-state index contributed by atoms with van der Waals surface area (Å²) in [5, 5.41) is 3.89. The molecule has 0 radical (unpaired) electrons. The Morgan fingerprint density at radius 3 is 2.60 bits per heavy atom. The highest BCUT2D eigenvalue weighted by Crippen LogP contribution is 2.26. The molecule has 5 heteroatoms. The van der Waals surface area contributed by atoms with E-state index in [-0.39, 0.29) is 11.9 Å². The molecule has 0 aliphatic rings. The van der Waals surface area contributed by atoms with Crippen LogP contribution in [0.1, 0.15) is 62.2 Å². The SMILES string of the molecule is CCNC(=O)c1[nH]c2ccc(C)cc2c1CCCC(=O)OC(C)(C)C. The maximum absolute atomic E-state index is 12.4. The van der Waals surface area contributed by atoms with Gasteiger partial charge in [-0.2, -0.15) is 0 Å². The third-order valence-corrected chi connectivity index (χ3v) is 3.85. The summed E-state index contributed by atoms with van der Waals surface area (Å²) in [6, 6.07) is 6.09. The number of aromatic nitrogens is 1. The molecule has 5 nitrogen and oxygen atoms in total. The van der Waals surface area contributed by atoms with Gasteiger partial charge in [0.05, 0.1) is 0 Å². The average Bonchev–Trinajstić information content (AvgIpc) is 2.84. The quantitative estimate of drug-likeness (QED) is 0.781.